The van der Waals surface area contributed by atoms with Crippen molar-refractivity contribution in [2.24, 2.45) is 0 Å². The van der Waals surface area contributed by atoms with Crippen molar-refractivity contribution in [2.75, 3.05) is 13.1 Å². The van der Waals surface area contributed by atoms with Crippen LogP contribution in [0.5, 0.6) is 0 Å². The van der Waals surface area contributed by atoms with Crippen LogP contribution >= 0.6 is 0 Å². The molecule has 0 aliphatic carbocycles. The lowest BCUT2D eigenvalue weighted by Gasteiger charge is -2.29. The van der Waals surface area contributed by atoms with Gasteiger partial charge in [-0.15, -0.1) is 0 Å². The minimum atomic E-state index is -0.417. The summed E-state index contributed by atoms with van der Waals surface area (Å²) in [5.74, 6) is -0.345. The fraction of sp³-hybridized carbons (Fsp3) is 0.500. The number of hydrogen-bond donors (Lipinski definition) is 1. The van der Waals surface area contributed by atoms with E-state index in [1.165, 1.54) is 12.5 Å². The number of carbonyl (C=O) groups is 1. The van der Waals surface area contributed by atoms with Gasteiger partial charge in [-0.1, -0.05) is 6.07 Å². The minimum Gasteiger partial charge on any atom is -0.341 e. The molecule has 4 nitrogen and oxygen atoms in total. The Hall–Kier alpha value is -1.93. The zero-order chi connectivity index (χ0) is 15.2. The Morgan fingerprint density at radius 2 is 2.14 bits per heavy atom. The van der Waals surface area contributed by atoms with E-state index in [4.69, 9.17) is 5.26 Å². The van der Waals surface area contributed by atoms with Crippen molar-refractivity contribution in [1.29, 1.82) is 5.26 Å². The third-order valence-corrected chi connectivity index (χ3v) is 3.82. The van der Waals surface area contributed by atoms with Gasteiger partial charge in [0.05, 0.1) is 17.7 Å². The average molecular weight is 289 g/mol. The highest BCUT2D eigenvalue weighted by Gasteiger charge is 2.21. The third kappa shape index (κ3) is 4.02. The minimum absolute atomic E-state index is 0.0729. The van der Waals surface area contributed by atoms with Gasteiger partial charge >= 0.3 is 0 Å². The van der Waals surface area contributed by atoms with Gasteiger partial charge in [-0.05, 0) is 38.3 Å². The van der Waals surface area contributed by atoms with Crippen molar-refractivity contribution in [1.82, 2.24) is 10.2 Å². The van der Waals surface area contributed by atoms with E-state index < -0.39 is 5.82 Å². The molecule has 0 radical (unpaired) electrons. The molecule has 1 saturated heterocycles. The molecule has 1 aromatic carbocycles. The topological polar surface area (TPSA) is 56.1 Å². The van der Waals surface area contributed by atoms with Gasteiger partial charge in [0.2, 0.25) is 5.91 Å². The predicted octanol–water partition coefficient (Wildman–Crippen LogP) is 2.19. The summed E-state index contributed by atoms with van der Waals surface area (Å²) >= 11 is 0. The summed E-state index contributed by atoms with van der Waals surface area (Å²) in [5, 5.41) is 11.8. The molecule has 1 N–H and O–H groups in total. The van der Waals surface area contributed by atoms with Crippen LogP contribution < -0.4 is 5.32 Å². The summed E-state index contributed by atoms with van der Waals surface area (Å²) in [6, 6.07) is 5.94. The van der Waals surface area contributed by atoms with Gasteiger partial charge in [-0.25, -0.2) is 4.39 Å². The molecule has 0 saturated carbocycles. The highest BCUT2D eigenvalue weighted by atomic mass is 19.1. The molecule has 5 heteroatoms. The number of likely N-dealkylation sites (tertiary alicyclic amines) is 1. The Morgan fingerprint density at radius 3 is 2.76 bits per heavy atom. The van der Waals surface area contributed by atoms with Crippen LogP contribution in [0.4, 0.5) is 4.39 Å². The Labute approximate surface area is 124 Å². The number of rotatable bonds is 4. The maximum atomic E-state index is 13.8. The fourth-order valence-corrected chi connectivity index (χ4v) is 2.50. The van der Waals surface area contributed by atoms with E-state index in [1.54, 1.807) is 19.1 Å². The molecular weight excluding hydrogens is 269 g/mol. The first-order chi connectivity index (χ1) is 10.1. The van der Waals surface area contributed by atoms with Gasteiger partial charge in [0, 0.05) is 25.2 Å². The van der Waals surface area contributed by atoms with Crippen LogP contribution in [-0.2, 0) is 11.3 Å². The number of benzene rings is 1. The molecule has 21 heavy (non-hydrogen) atoms. The summed E-state index contributed by atoms with van der Waals surface area (Å²) in [7, 11) is 0. The maximum absolute atomic E-state index is 13.8. The van der Waals surface area contributed by atoms with E-state index in [0.717, 1.165) is 25.9 Å². The molecule has 112 valence electrons. The van der Waals surface area contributed by atoms with Gasteiger partial charge in [0.25, 0.3) is 0 Å². The quantitative estimate of drug-likeness (QED) is 0.924. The monoisotopic (exact) mass is 289 g/mol. The lowest BCUT2D eigenvalue weighted by Crippen LogP contribution is -2.46. The van der Waals surface area contributed by atoms with Crippen LogP contribution in [0, 0.1) is 17.1 Å². The SMILES string of the molecule is CC(NCc1ccc(C#N)cc1F)C(=O)N1CCCCC1. The second kappa shape index (κ2) is 7.19. The van der Waals surface area contributed by atoms with Crippen LogP contribution in [0.3, 0.4) is 0 Å². The van der Waals surface area contributed by atoms with Gasteiger partial charge in [-0.3, -0.25) is 4.79 Å². The lowest BCUT2D eigenvalue weighted by molar-refractivity contribution is -0.133. The second-order valence-corrected chi connectivity index (χ2v) is 5.41. The molecule has 1 amide bonds. The summed E-state index contributed by atoms with van der Waals surface area (Å²) in [6.07, 6.45) is 3.30. The molecule has 1 fully saturated rings. The summed E-state index contributed by atoms with van der Waals surface area (Å²) in [4.78, 5) is 14.1. The Bertz CT molecular complexity index is 547. The van der Waals surface area contributed by atoms with Crippen molar-refractivity contribution in [3.63, 3.8) is 0 Å². The number of piperidine rings is 1. The lowest BCUT2D eigenvalue weighted by atomic mass is 10.1. The number of hydrogen-bond acceptors (Lipinski definition) is 3. The molecule has 2 rings (SSSR count). The van der Waals surface area contributed by atoms with Crippen molar-refractivity contribution in [2.45, 2.75) is 38.8 Å². The van der Waals surface area contributed by atoms with Crippen LogP contribution in [0.2, 0.25) is 0 Å². The third-order valence-electron chi connectivity index (χ3n) is 3.82. The zero-order valence-electron chi connectivity index (χ0n) is 12.2. The van der Waals surface area contributed by atoms with Crippen LogP contribution in [-0.4, -0.2) is 29.9 Å². The van der Waals surface area contributed by atoms with Crippen LogP contribution in [0.25, 0.3) is 0 Å². The molecule has 1 unspecified atom stereocenters. The van der Waals surface area contributed by atoms with E-state index in [0.29, 0.717) is 11.1 Å². The summed E-state index contributed by atoms with van der Waals surface area (Å²) in [5.41, 5.74) is 0.765. The molecule has 0 spiro atoms. The van der Waals surface area contributed by atoms with Gasteiger partial charge in [-0.2, -0.15) is 5.26 Å². The number of halogens is 1. The first kappa shape index (κ1) is 15.5. The molecule has 0 aromatic heterocycles. The largest absolute Gasteiger partial charge is 0.341 e. The molecule has 1 atom stereocenters. The number of nitrogens with zero attached hydrogens (tertiary/aromatic N) is 2. The van der Waals surface area contributed by atoms with Crippen LogP contribution in [0.1, 0.15) is 37.3 Å². The van der Waals surface area contributed by atoms with Gasteiger partial charge < -0.3 is 10.2 Å². The molecule has 1 heterocycles. The maximum Gasteiger partial charge on any atom is 0.239 e. The van der Waals surface area contributed by atoms with Crippen molar-refractivity contribution in [3.8, 4) is 6.07 Å². The standard InChI is InChI=1S/C16H20FN3O/c1-12(16(21)20-7-3-2-4-8-20)19-11-14-6-5-13(10-18)9-15(14)17/h5-6,9,12,19H,2-4,7-8,11H2,1H3. The van der Waals surface area contributed by atoms with E-state index >= 15 is 0 Å². The highest BCUT2D eigenvalue weighted by Crippen LogP contribution is 2.12. The van der Waals surface area contributed by atoms with Crippen molar-refractivity contribution < 1.29 is 9.18 Å². The first-order valence-corrected chi connectivity index (χ1v) is 7.32. The zero-order valence-corrected chi connectivity index (χ0v) is 12.2. The van der Waals surface area contributed by atoms with E-state index in [-0.39, 0.29) is 18.5 Å². The van der Waals surface area contributed by atoms with E-state index in [2.05, 4.69) is 5.32 Å². The first-order valence-electron chi connectivity index (χ1n) is 7.32. The van der Waals surface area contributed by atoms with E-state index in [1.807, 2.05) is 11.0 Å². The molecule has 1 aliphatic heterocycles. The number of nitrogens with one attached hydrogen (secondary N) is 1. The Kier molecular flexibility index (Phi) is 5.29. The predicted molar refractivity (Wildman–Crippen MR) is 77.8 cm³/mol. The number of amides is 1. The summed E-state index contributed by atoms with van der Waals surface area (Å²) in [6.45, 7) is 3.71. The summed E-state index contributed by atoms with van der Waals surface area (Å²) < 4.78 is 13.8. The highest BCUT2D eigenvalue weighted by molar-refractivity contribution is 5.81. The normalized spacial score (nSPS) is 16.3. The van der Waals surface area contributed by atoms with Gasteiger partial charge in [0.15, 0.2) is 0 Å². The smallest absolute Gasteiger partial charge is 0.239 e. The average Bonchev–Trinajstić information content (AvgIpc) is 2.53. The second-order valence-electron chi connectivity index (χ2n) is 5.41. The molecule has 0 bridgehead atoms. The Morgan fingerprint density at radius 1 is 1.43 bits per heavy atom. The molecular formula is C16H20FN3O. The number of nitriles is 1. The molecule has 1 aliphatic rings. The van der Waals surface area contributed by atoms with Gasteiger partial charge in [0.1, 0.15) is 5.82 Å². The van der Waals surface area contributed by atoms with E-state index in [9.17, 15) is 9.18 Å². The number of carbonyl (C=O) groups excluding carboxylic acids is 1. The van der Waals surface area contributed by atoms with Crippen molar-refractivity contribution in [3.05, 3.63) is 35.1 Å². The van der Waals surface area contributed by atoms with Crippen LogP contribution in [0.15, 0.2) is 18.2 Å². The molecule has 1 aromatic rings. The Balaban J connectivity index is 1.90. The van der Waals surface area contributed by atoms with Crippen molar-refractivity contribution >= 4 is 5.91 Å². The fourth-order valence-electron chi connectivity index (χ4n) is 2.50.